The fourth-order valence-corrected chi connectivity index (χ4v) is 7.28. The van der Waals surface area contributed by atoms with Crippen molar-refractivity contribution in [3.8, 4) is 17.2 Å². The van der Waals surface area contributed by atoms with Crippen LogP contribution in [0.15, 0.2) is 12.1 Å². The lowest BCUT2D eigenvalue weighted by atomic mass is 9.75. The topological polar surface area (TPSA) is 120 Å². The van der Waals surface area contributed by atoms with Gasteiger partial charge in [0.2, 0.25) is 23.5 Å². The van der Waals surface area contributed by atoms with Crippen molar-refractivity contribution >= 4 is 17.7 Å². The van der Waals surface area contributed by atoms with Crippen LogP contribution in [0.1, 0.15) is 101 Å². The molecule has 1 aromatic rings. The summed E-state index contributed by atoms with van der Waals surface area (Å²) in [5.74, 6) is 0.779. The summed E-state index contributed by atoms with van der Waals surface area (Å²) in [6.45, 7) is 0.508. The van der Waals surface area contributed by atoms with Gasteiger partial charge in [-0.3, -0.25) is 14.4 Å². The Morgan fingerprint density at radius 2 is 1.44 bits per heavy atom. The molecule has 41 heavy (non-hydrogen) atoms. The van der Waals surface area contributed by atoms with E-state index in [1.54, 1.807) is 26.2 Å². The number of hydrogen-bond acceptors (Lipinski definition) is 6. The van der Waals surface area contributed by atoms with E-state index in [1.165, 1.54) is 6.42 Å². The van der Waals surface area contributed by atoms with Crippen LogP contribution in [-0.2, 0) is 14.4 Å². The second-order valence-electron chi connectivity index (χ2n) is 12.1. The Kier molecular flexibility index (Phi) is 11.2. The molecule has 0 aromatic heterocycles. The number of ether oxygens (including phenoxy) is 3. The van der Waals surface area contributed by atoms with Gasteiger partial charge in [0.05, 0.1) is 27.2 Å². The zero-order valence-electron chi connectivity index (χ0n) is 25.1. The van der Waals surface area contributed by atoms with Crippen LogP contribution in [0, 0.1) is 11.8 Å². The number of nitrogens with one attached hydrogen (secondary N) is 1. The first-order valence-electron chi connectivity index (χ1n) is 15.6. The van der Waals surface area contributed by atoms with Crippen LogP contribution in [0.3, 0.4) is 0 Å². The van der Waals surface area contributed by atoms with Crippen molar-refractivity contribution in [2.24, 2.45) is 17.6 Å². The molecule has 228 valence electrons. The van der Waals surface area contributed by atoms with Gasteiger partial charge in [0, 0.05) is 6.54 Å². The number of methoxy groups -OCH3 is 3. The fraction of sp³-hybridized carbons (Fsp3) is 0.719. The Morgan fingerprint density at radius 1 is 0.854 bits per heavy atom. The normalized spacial score (nSPS) is 21.9. The Bertz CT molecular complexity index is 1020. The third-order valence-corrected chi connectivity index (χ3v) is 9.48. The lowest BCUT2D eigenvalue weighted by molar-refractivity contribution is -0.145. The van der Waals surface area contributed by atoms with Gasteiger partial charge in [-0.2, -0.15) is 0 Å². The first-order valence-corrected chi connectivity index (χ1v) is 15.6. The molecule has 0 bridgehead atoms. The molecular weight excluding hydrogens is 522 g/mol. The molecule has 1 heterocycles. The highest BCUT2D eigenvalue weighted by Gasteiger charge is 2.41. The average Bonchev–Trinajstić information content (AvgIpc) is 3.01. The van der Waals surface area contributed by atoms with Gasteiger partial charge < -0.3 is 30.2 Å². The smallest absolute Gasteiger partial charge is 0.243 e. The van der Waals surface area contributed by atoms with Crippen molar-refractivity contribution in [1.82, 2.24) is 10.2 Å². The lowest BCUT2D eigenvalue weighted by Crippen LogP contribution is -2.57. The number of likely N-dealkylation sites (tertiary alicyclic amines) is 1. The maximum atomic E-state index is 14.5. The largest absolute Gasteiger partial charge is 0.493 e. The SMILES string of the molecule is COc1cc([C@@H](C(=O)N2CCCC[C@H]2C(=O)N[C@@H](CC2CCCCC2)C(N)=O)C2CCCCC2)cc(OC)c1OC. The Balaban J connectivity index is 1.61. The van der Waals surface area contributed by atoms with Crippen molar-refractivity contribution in [1.29, 1.82) is 0 Å². The molecule has 9 heteroatoms. The molecule has 3 atom stereocenters. The van der Waals surface area contributed by atoms with Gasteiger partial charge in [-0.1, -0.05) is 51.4 Å². The molecule has 0 spiro atoms. The first-order chi connectivity index (χ1) is 19.9. The van der Waals surface area contributed by atoms with E-state index in [0.717, 1.165) is 76.2 Å². The summed E-state index contributed by atoms with van der Waals surface area (Å²) in [7, 11) is 4.71. The molecule has 3 fully saturated rings. The van der Waals surface area contributed by atoms with Gasteiger partial charge in [-0.05, 0) is 68.1 Å². The highest BCUT2D eigenvalue weighted by molar-refractivity contribution is 5.93. The number of piperidine rings is 1. The summed E-state index contributed by atoms with van der Waals surface area (Å²) in [5.41, 5.74) is 6.57. The molecule has 0 unspecified atom stereocenters. The van der Waals surface area contributed by atoms with Gasteiger partial charge in [0.25, 0.3) is 0 Å². The molecule has 3 N–H and O–H groups in total. The summed E-state index contributed by atoms with van der Waals surface area (Å²) in [4.78, 5) is 42.4. The van der Waals surface area contributed by atoms with Gasteiger partial charge in [-0.25, -0.2) is 0 Å². The highest BCUT2D eigenvalue weighted by atomic mass is 16.5. The number of benzene rings is 1. The van der Waals surface area contributed by atoms with Crippen LogP contribution in [-0.4, -0.2) is 62.6 Å². The lowest BCUT2D eigenvalue weighted by Gasteiger charge is -2.40. The van der Waals surface area contributed by atoms with Crippen LogP contribution in [0.4, 0.5) is 0 Å². The van der Waals surface area contributed by atoms with Crippen molar-refractivity contribution in [3.05, 3.63) is 17.7 Å². The highest BCUT2D eigenvalue weighted by Crippen LogP contribution is 2.45. The molecule has 1 saturated heterocycles. The number of nitrogens with zero attached hydrogens (tertiary/aromatic N) is 1. The Labute approximate surface area is 244 Å². The summed E-state index contributed by atoms with van der Waals surface area (Å²) in [6.07, 6.45) is 13.7. The monoisotopic (exact) mass is 571 g/mol. The van der Waals surface area contributed by atoms with E-state index in [2.05, 4.69) is 5.32 Å². The van der Waals surface area contributed by atoms with Crippen molar-refractivity contribution in [3.63, 3.8) is 0 Å². The number of carbonyl (C=O) groups is 3. The van der Waals surface area contributed by atoms with Gasteiger partial charge in [-0.15, -0.1) is 0 Å². The van der Waals surface area contributed by atoms with E-state index in [4.69, 9.17) is 19.9 Å². The maximum Gasteiger partial charge on any atom is 0.243 e. The van der Waals surface area contributed by atoms with E-state index in [1.807, 2.05) is 12.1 Å². The van der Waals surface area contributed by atoms with Crippen LogP contribution in [0.5, 0.6) is 17.2 Å². The molecule has 9 nitrogen and oxygen atoms in total. The minimum atomic E-state index is -0.714. The zero-order chi connectivity index (χ0) is 29.4. The average molecular weight is 572 g/mol. The maximum absolute atomic E-state index is 14.5. The van der Waals surface area contributed by atoms with Crippen molar-refractivity contribution < 1.29 is 28.6 Å². The van der Waals surface area contributed by atoms with Gasteiger partial charge >= 0.3 is 0 Å². The minimum absolute atomic E-state index is 0.0473. The van der Waals surface area contributed by atoms with Crippen LogP contribution in [0.25, 0.3) is 0 Å². The van der Waals surface area contributed by atoms with E-state index in [9.17, 15) is 14.4 Å². The molecule has 3 aliphatic rings. The second kappa shape index (κ2) is 14.8. The number of hydrogen-bond donors (Lipinski definition) is 2. The molecule has 2 saturated carbocycles. The molecule has 3 amide bonds. The predicted octanol–water partition coefficient (Wildman–Crippen LogP) is 4.70. The van der Waals surface area contributed by atoms with E-state index < -0.39 is 23.9 Å². The zero-order valence-corrected chi connectivity index (χ0v) is 25.1. The van der Waals surface area contributed by atoms with E-state index >= 15 is 0 Å². The predicted molar refractivity (Wildman–Crippen MR) is 157 cm³/mol. The van der Waals surface area contributed by atoms with E-state index in [0.29, 0.717) is 42.6 Å². The quantitative estimate of drug-likeness (QED) is 0.397. The van der Waals surface area contributed by atoms with Crippen molar-refractivity contribution in [2.45, 2.75) is 108 Å². The van der Waals surface area contributed by atoms with Crippen LogP contribution >= 0.6 is 0 Å². The summed E-state index contributed by atoms with van der Waals surface area (Å²) in [6, 6.07) is 2.42. The third kappa shape index (κ3) is 7.46. The molecule has 1 aromatic carbocycles. The third-order valence-electron chi connectivity index (χ3n) is 9.48. The van der Waals surface area contributed by atoms with E-state index in [-0.39, 0.29) is 17.7 Å². The molecule has 1 aliphatic heterocycles. The Hall–Kier alpha value is -2.97. The van der Waals surface area contributed by atoms with Crippen molar-refractivity contribution in [2.75, 3.05) is 27.9 Å². The fourth-order valence-electron chi connectivity index (χ4n) is 7.28. The number of carbonyl (C=O) groups excluding carboxylic acids is 3. The van der Waals surface area contributed by atoms with Gasteiger partial charge in [0.15, 0.2) is 11.5 Å². The number of nitrogens with two attached hydrogens (primary N) is 1. The molecule has 2 aliphatic carbocycles. The van der Waals surface area contributed by atoms with Crippen LogP contribution in [0.2, 0.25) is 0 Å². The molecule has 4 rings (SSSR count). The summed E-state index contributed by atoms with van der Waals surface area (Å²) in [5, 5.41) is 2.96. The summed E-state index contributed by atoms with van der Waals surface area (Å²) < 4.78 is 16.8. The first kappa shape index (κ1) is 31.0. The molecular formula is C32H49N3O6. The summed E-state index contributed by atoms with van der Waals surface area (Å²) >= 11 is 0. The Morgan fingerprint density at radius 3 is 2.00 bits per heavy atom. The van der Waals surface area contributed by atoms with Gasteiger partial charge in [0.1, 0.15) is 12.1 Å². The standard InChI is InChI=1S/C32H49N3O6/c1-39-26-19-23(20-27(40-2)29(26)41-3)28(22-14-8-5-9-15-22)32(38)35-17-11-10-16-25(35)31(37)34-24(30(33)36)18-21-12-6-4-7-13-21/h19-22,24-25,28H,4-18H2,1-3H3,(H2,33,36)(H,34,37)/t24-,25-,28-/m0/s1. The molecule has 0 radical (unpaired) electrons. The number of amides is 3. The minimum Gasteiger partial charge on any atom is -0.493 e. The number of rotatable bonds is 11. The second-order valence-corrected chi connectivity index (χ2v) is 12.1. The number of primary amides is 1. The van der Waals surface area contributed by atoms with Crippen LogP contribution < -0.4 is 25.3 Å².